The number of pyridine rings is 1. The maximum atomic E-state index is 4.47. The molecule has 2 aromatic carbocycles. The summed E-state index contributed by atoms with van der Waals surface area (Å²) in [5.41, 5.74) is 6.24. The molecular formula is C19H17N. The molecule has 20 heavy (non-hydrogen) atoms. The van der Waals surface area contributed by atoms with Gasteiger partial charge in [-0.25, -0.2) is 0 Å². The van der Waals surface area contributed by atoms with Gasteiger partial charge in [-0.3, -0.25) is 4.98 Å². The van der Waals surface area contributed by atoms with Gasteiger partial charge in [-0.05, 0) is 41.3 Å². The average molecular weight is 259 g/mol. The van der Waals surface area contributed by atoms with Gasteiger partial charge in [0, 0.05) is 18.3 Å². The average Bonchev–Trinajstić information content (AvgIpc) is 2.49. The van der Waals surface area contributed by atoms with Gasteiger partial charge in [-0.1, -0.05) is 54.6 Å². The minimum atomic E-state index is 0.868. The van der Waals surface area contributed by atoms with E-state index in [9.17, 15) is 0 Å². The first-order valence-corrected chi connectivity index (χ1v) is 6.88. The Bertz CT molecular complexity index is 702. The van der Waals surface area contributed by atoms with Gasteiger partial charge in [0.05, 0.1) is 0 Å². The molecule has 1 nitrogen and oxygen atoms in total. The first-order chi connectivity index (χ1) is 9.83. The van der Waals surface area contributed by atoms with Crippen molar-refractivity contribution < 1.29 is 0 Å². The van der Waals surface area contributed by atoms with E-state index in [0.717, 1.165) is 12.1 Å². The summed E-state index contributed by atoms with van der Waals surface area (Å²) >= 11 is 0. The third-order valence-corrected chi connectivity index (χ3v) is 3.45. The van der Waals surface area contributed by atoms with Crippen LogP contribution >= 0.6 is 0 Å². The smallest absolute Gasteiger partial charge is 0.0450 e. The molecule has 0 bridgehead atoms. The summed E-state index contributed by atoms with van der Waals surface area (Å²) in [6.07, 6.45) is 2.75. The van der Waals surface area contributed by atoms with Gasteiger partial charge in [0.1, 0.15) is 0 Å². The third-order valence-electron chi connectivity index (χ3n) is 3.45. The third kappa shape index (κ3) is 2.77. The van der Waals surface area contributed by atoms with Crippen LogP contribution in [0.1, 0.15) is 16.8 Å². The highest BCUT2D eigenvalue weighted by Gasteiger charge is 2.05. The van der Waals surface area contributed by atoms with Crippen LogP contribution in [0.4, 0.5) is 0 Å². The number of benzene rings is 2. The molecule has 0 saturated carbocycles. The highest BCUT2D eigenvalue weighted by atomic mass is 14.7. The Morgan fingerprint density at radius 2 is 1.60 bits per heavy atom. The number of nitrogens with zero attached hydrogens (tertiary/aromatic N) is 1. The first kappa shape index (κ1) is 12.6. The predicted octanol–water partition coefficient (Wildman–Crippen LogP) is 4.65. The summed E-state index contributed by atoms with van der Waals surface area (Å²) in [7, 11) is 0. The van der Waals surface area contributed by atoms with Gasteiger partial charge in [-0.15, -0.1) is 0 Å². The van der Waals surface area contributed by atoms with E-state index in [1.165, 1.54) is 22.3 Å². The number of aryl methyl sites for hydroxylation is 1. The van der Waals surface area contributed by atoms with Crippen molar-refractivity contribution in [1.29, 1.82) is 0 Å². The summed E-state index contributed by atoms with van der Waals surface area (Å²) in [4.78, 5) is 4.47. The maximum Gasteiger partial charge on any atom is 0.0450 e. The van der Waals surface area contributed by atoms with Crippen molar-refractivity contribution in [3.63, 3.8) is 0 Å². The van der Waals surface area contributed by atoms with E-state index in [0.29, 0.717) is 0 Å². The molecule has 0 amide bonds. The highest BCUT2D eigenvalue weighted by molar-refractivity contribution is 5.67. The van der Waals surface area contributed by atoms with Crippen molar-refractivity contribution in [1.82, 2.24) is 4.98 Å². The van der Waals surface area contributed by atoms with Gasteiger partial charge >= 0.3 is 0 Å². The lowest BCUT2D eigenvalue weighted by Crippen LogP contribution is -1.95. The molecule has 0 fully saturated rings. The normalized spacial score (nSPS) is 10.4. The molecule has 0 aliphatic heterocycles. The standard InChI is InChI=1S/C19H17N/c1-15-11-12-20-18(13-15)14-17-9-5-6-10-19(17)16-7-3-2-4-8-16/h2-13H,14H2,1H3. The molecule has 0 aliphatic rings. The molecule has 3 aromatic rings. The largest absolute Gasteiger partial charge is 0.261 e. The molecule has 0 atom stereocenters. The molecule has 0 saturated heterocycles. The Morgan fingerprint density at radius 1 is 0.850 bits per heavy atom. The Morgan fingerprint density at radius 3 is 2.40 bits per heavy atom. The quantitative estimate of drug-likeness (QED) is 0.667. The Balaban J connectivity index is 1.99. The van der Waals surface area contributed by atoms with Crippen molar-refractivity contribution in [2.45, 2.75) is 13.3 Å². The van der Waals surface area contributed by atoms with Crippen LogP contribution in [0, 0.1) is 6.92 Å². The van der Waals surface area contributed by atoms with Crippen LogP contribution in [0.3, 0.4) is 0 Å². The molecule has 0 spiro atoms. The van der Waals surface area contributed by atoms with Gasteiger partial charge in [0.2, 0.25) is 0 Å². The van der Waals surface area contributed by atoms with Gasteiger partial charge < -0.3 is 0 Å². The van der Waals surface area contributed by atoms with Crippen molar-refractivity contribution in [3.05, 3.63) is 89.7 Å². The zero-order valence-corrected chi connectivity index (χ0v) is 11.6. The van der Waals surface area contributed by atoms with E-state index in [4.69, 9.17) is 0 Å². The van der Waals surface area contributed by atoms with E-state index in [1.807, 2.05) is 18.3 Å². The second-order valence-corrected chi connectivity index (χ2v) is 5.02. The van der Waals surface area contributed by atoms with Gasteiger partial charge in [0.25, 0.3) is 0 Å². The lowest BCUT2D eigenvalue weighted by Gasteiger charge is -2.09. The minimum Gasteiger partial charge on any atom is -0.261 e. The second-order valence-electron chi connectivity index (χ2n) is 5.02. The van der Waals surface area contributed by atoms with E-state index >= 15 is 0 Å². The fourth-order valence-corrected chi connectivity index (χ4v) is 2.46. The van der Waals surface area contributed by atoms with Crippen LogP contribution in [-0.4, -0.2) is 4.98 Å². The van der Waals surface area contributed by atoms with Crippen LogP contribution in [0.2, 0.25) is 0 Å². The Kier molecular flexibility index (Phi) is 3.60. The van der Waals surface area contributed by atoms with E-state index in [1.54, 1.807) is 0 Å². The van der Waals surface area contributed by atoms with Crippen LogP contribution in [0.25, 0.3) is 11.1 Å². The highest BCUT2D eigenvalue weighted by Crippen LogP contribution is 2.25. The zero-order valence-electron chi connectivity index (χ0n) is 11.6. The SMILES string of the molecule is Cc1ccnc(Cc2ccccc2-c2ccccc2)c1. The topological polar surface area (TPSA) is 12.9 Å². The van der Waals surface area contributed by atoms with E-state index in [-0.39, 0.29) is 0 Å². The molecule has 0 radical (unpaired) electrons. The Labute approximate surface area is 119 Å². The molecule has 0 N–H and O–H groups in total. The molecule has 1 aromatic heterocycles. The number of hydrogen-bond donors (Lipinski definition) is 0. The van der Waals surface area contributed by atoms with Gasteiger partial charge in [0.15, 0.2) is 0 Å². The summed E-state index contributed by atoms with van der Waals surface area (Å²) < 4.78 is 0. The summed E-state index contributed by atoms with van der Waals surface area (Å²) in [6.45, 7) is 2.11. The summed E-state index contributed by atoms with van der Waals surface area (Å²) in [5.74, 6) is 0. The zero-order chi connectivity index (χ0) is 13.8. The van der Waals surface area contributed by atoms with Crippen molar-refractivity contribution >= 4 is 0 Å². The second kappa shape index (κ2) is 5.70. The molecule has 1 heterocycles. The lowest BCUT2D eigenvalue weighted by atomic mass is 9.96. The fraction of sp³-hybridized carbons (Fsp3) is 0.105. The van der Waals surface area contributed by atoms with E-state index < -0.39 is 0 Å². The first-order valence-electron chi connectivity index (χ1n) is 6.88. The number of aromatic nitrogens is 1. The molecule has 0 unspecified atom stereocenters. The molecular weight excluding hydrogens is 242 g/mol. The van der Waals surface area contributed by atoms with Crippen LogP contribution in [0.5, 0.6) is 0 Å². The maximum absolute atomic E-state index is 4.47. The lowest BCUT2D eigenvalue weighted by molar-refractivity contribution is 1.06. The van der Waals surface area contributed by atoms with Crippen LogP contribution < -0.4 is 0 Å². The van der Waals surface area contributed by atoms with Crippen molar-refractivity contribution in [2.75, 3.05) is 0 Å². The molecule has 3 rings (SSSR count). The van der Waals surface area contributed by atoms with Crippen molar-refractivity contribution in [2.24, 2.45) is 0 Å². The fourth-order valence-electron chi connectivity index (χ4n) is 2.46. The monoisotopic (exact) mass is 259 g/mol. The van der Waals surface area contributed by atoms with Crippen molar-refractivity contribution in [3.8, 4) is 11.1 Å². The predicted molar refractivity (Wildman–Crippen MR) is 83.7 cm³/mol. The summed E-state index contributed by atoms with van der Waals surface area (Å²) in [5, 5.41) is 0. The molecule has 0 aliphatic carbocycles. The van der Waals surface area contributed by atoms with Gasteiger partial charge in [-0.2, -0.15) is 0 Å². The number of hydrogen-bond acceptors (Lipinski definition) is 1. The Hall–Kier alpha value is -2.41. The van der Waals surface area contributed by atoms with Crippen LogP contribution in [0.15, 0.2) is 72.9 Å². The molecule has 1 heteroatoms. The summed E-state index contributed by atoms with van der Waals surface area (Å²) in [6, 6.07) is 23.3. The minimum absolute atomic E-state index is 0.868. The molecule has 98 valence electrons. The van der Waals surface area contributed by atoms with E-state index in [2.05, 4.69) is 66.5 Å². The number of rotatable bonds is 3. The van der Waals surface area contributed by atoms with Crippen LogP contribution in [-0.2, 0) is 6.42 Å².